The van der Waals surface area contributed by atoms with Crippen molar-refractivity contribution in [2.75, 3.05) is 52.9 Å². The number of aliphatic hydroxyl groups excluding tert-OH is 1. The predicted octanol–water partition coefficient (Wildman–Crippen LogP) is -5.57. The number of rotatable bonds is 30. The maximum absolute atomic E-state index is 14.5. The van der Waals surface area contributed by atoms with Gasteiger partial charge in [0.2, 0.25) is 53.2 Å². The van der Waals surface area contributed by atoms with Gasteiger partial charge in [0.05, 0.1) is 18.1 Å². The zero-order valence-corrected chi connectivity index (χ0v) is 48.3. The minimum atomic E-state index is -1.80. The SMILES string of the molecule is CCCCCCCC[C@H]1NC(=O)[C@H](CCN)NC(=O)[C@@H](NC(=O)[C@H](CCN)NC(=O)C(/C=N/C(=O)[C@H](CCN)NC(=O)[C@H](C)NC)CC)CCNC(=O)[C@H]([C@@H](C)O)NC[C@](C=O)(CCN)NC(=O)[C@H](CCN)NC(=O)[C@H](CC)NC1=O. The molecule has 29 heteroatoms. The Morgan fingerprint density at radius 1 is 0.679 bits per heavy atom. The number of aliphatic hydroxyl groups is 1. The summed E-state index contributed by atoms with van der Waals surface area (Å²) in [5.74, 6) is -8.98. The predicted molar refractivity (Wildman–Crippen MR) is 304 cm³/mol. The lowest BCUT2D eigenvalue weighted by Gasteiger charge is -2.33. The monoisotopic (exact) mass is 1150 g/mol. The number of aldehydes is 1. The highest BCUT2D eigenvalue weighted by atomic mass is 16.3. The number of likely N-dealkylation sites (N-methyl/N-ethyl adjacent to an activating group) is 1. The van der Waals surface area contributed by atoms with Crippen LogP contribution in [-0.4, -0.2) is 196 Å². The summed E-state index contributed by atoms with van der Waals surface area (Å²) in [5, 5.41) is 40.0. The van der Waals surface area contributed by atoms with Gasteiger partial charge in [-0.05, 0) is 111 Å². The smallest absolute Gasteiger partial charge is 0.267 e. The largest absolute Gasteiger partial charge is 0.391 e. The van der Waals surface area contributed by atoms with Gasteiger partial charge in [0.25, 0.3) is 5.91 Å². The van der Waals surface area contributed by atoms with Crippen molar-refractivity contribution in [1.82, 2.24) is 58.5 Å². The van der Waals surface area contributed by atoms with Crippen LogP contribution in [0.2, 0.25) is 0 Å². The molecular weight excluding hydrogens is 1050 g/mol. The number of hydrogen-bond acceptors (Lipinski definition) is 19. The van der Waals surface area contributed by atoms with Crippen molar-refractivity contribution in [2.24, 2.45) is 39.6 Å². The normalized spacial score (nSPS) is 24.1. The van der Waals surface area contributed by atoms with Crippen LogP contribution in [0.25, 0.3) is 0 Å². The van der Waals surface area contributed by atoms with E-state index in [2.05, 4.69) is 70.4 Å². The highest BCUT2D eigenvalue weighted by Crippen LogP contribution is 2.13. The van der Waals surface area contributed by atoms with Crippen LogP contribution < -0.4 is 87.2 Å². The third kappa shape index (κ3) is 26.1. The molecule has 1 aliphatic rings. The summed E-state index contributed by atoms with van der Waals surface area (Å²) in [7, 11) is 1.57. The van der Waals surface area contributed by atoms with Crippen molar-refractivity contribution in [3.05, 3.63) is 0 Å². The molecule has 29 nitrogen and oxygen atoms in total. The van der Waals surface area contributed by atoms with Gasteiger partial charge < -0.3 is 97.1 Å². The Labute approximate surface area is 476 Å². The molecule has 1 fully saturated rings. The molecule has 1 aliphatic heterocycles. The van der Waals surface area contributed by atoms with Gasteiger partial charge in [0.15, 0.2) is 0 Å². The van der Waals surface area contributed by atoms with Crippen molar-refractivity contribution in [3.8, 4) is 0 Å². The quantitative estimate of drug-likeness (QED) is 0.0181. The van der Waals surface area contributed by atoms with Crippen LogP contribution in [-0.2, 0) is 52.7 Å². The number of aliphatic imine (C=N–C) groups is 1. The fourth-order valence-electron chi connectivity index (χ4n) is 8.57. The summed E-state index contributed by atoms with van der Waals surface area (Å²) < 4.78 is 0. The maximum atomic E-state index is 14.5. The molecule has 0 aromatic rings. The van der Waals surface area contributed by atoms with Crippen molar-refractivity contribution < 1.29 is 57.8 Å². The molecule has 0 spiro atoms. The van der Waals surface area contributed by atoms with E-state index in [0.717, 1.165) is 31.9 Å². The Hall–Kier alpha value is -6.08. The van der Waals surface area contributed by atoms with Crippen LogP contribution in [0.3, 0.4) is 0 Å². The van der Waals surface area contributed by atoms with Gasteiger partial charge >= 0.3 is 0 Å². The van der Waals surface area contributed by atoms with Gasteiger partial charge in [-0.2, -0.15) is 0 Å². The minimum Gasteiger partial charge on any atom is -0.391 e. The minimum absolute atomic E-state index is 0.0305. The van der Waals surface area contributed by atoms with Crippen molar-refractivity contribution in [3.63, 3.8) is 0 Å². The molecule has 0 aromatic carbocycles. The first-order valence-corrected chi connectivity index (χ1v) is 28.5. The molecule has 22 N–H and O–H groups in total. The Morgan fingerprint density at radius 2 is 1.22 bits per heavy atom. The third-order valence-electron chi connectivity index (χ3n) is 13.8. The second-order valence-electron chi connectivity index (χ2n) is 20.3. The number of hydrogen-bond donors (Lipinski definition) is 17. The summed E-state index contributed by atoms with van der Waals surface area (Å²) in [6.07, 6.45) is 4.41. The molecule has 0 saturated carbocycles. The Morgan fingerprint density at radius 3 is 1.77 bits per heavy atom. The van der Waals surface area contributed by atoms with E-state index in [1.807, 2.05) is 0 Å². The maximum Gasteiger partial charge on any atom is 0.267 e. The number of nitrogens with two attached hydrogens (primary N) is 5. The van der Waals surface area contributed by atoms with Crippen LogP contribution in [0.15, 0.2) is 4.99 Å². The highest BCUT2D eigenvalue weighted by Gasteiger charge is 2.38. The van der Waals surface area contributed by atoms with Crippen molar-refractivity contribution in [2.45, 2.75) is 197 Å². The molecule has 0 radical (unpaired) electrons. The molecule has 10 amide bonds. The van der Waals surface area contributed by atoms with Crippen molar-refractivity contribution >= 4 is 71.6 Å². The van der Waals surface area contributed by atoms with E-state index < -0.39 is 138 Å². The number of unbranched alkanes of at least 4 members (excludes halogenated alkanes) is 5. The molecule has 12 atom stereocenters. The van der Waals surface area contributed by atoms with Crippen LogP contribution in [0, 0.1) is 5.92 Å². The molecule has 0 aromatic heterocycles. The van der Waals surface area contributed by atoms with Gasteiger partial charge in [0.1, 0.15) is 60.2 Å². The average molecular weight is 1150 g/mol. The zero-order valence-electron chi connectivity index (χ0n) is 48.3. The van der Waals surface area contributed by atoms with E-state index in [4.69, 9.17) is 28.7 Å². The van der Waals surface area contributed by atoms with Crippen LogP contribution >= 0.6 is 0 Å². The number of carbonyl (C=O) groups excluding carboxylic acids is 11. The van der Waals surface area contributed by atoms with Crippen LogP contribution in [0.5, 0.6) is 0 Å². The lowest BCUT2D eigenvalue weighted by molar-refractivity contribution is -0.136. The van der Waals surface area contributed by atoms with E-state index in [9.17, 15) is 57.8 Å². The van der Waals surface area contributed by atoms with Crippen LogP contribution in [0.4, 0.5) is 0 Å². The highest BCUT2D eigenvalue weighted by molar-refractivity contribution is 6.02. The van der Waals surface area contributed by atoms with E-state index >= 15 is 0 Å². The molecule has 81 heavy (non-hydrogen) atoms. The van der Waals surface area contributed by atoms with E-state index in [-0.39, 0.29) is 97.1 Å². The topological polar surface area (TPSA) is 483 Å². The summed E-state index contributed by atoms with van der Waals surface area (Å²) >= 11 is 0. The number of nitrogens with zero attached hydrogens (tertiary/aromatic N) is 1. The van der Waals surface area contributed by atoms with E-state index in [0.29, 0.717) is 19.1 Å². The van der Waals surface area contributed by atoms with Crippen molar-refractivity contribution in [1.29, 1.82) is 0 Å². The summed E-state index contributed by atoms with van der Waals surface area (Å²) in [5.41, 5.74) is 27.5. The van der Waals surface area contributed by atoms with Gasteiger partial charge in [-0.25, -0.2) is 4.99 Å². The third-order valence-corrected chi connectivity index (χ3v) is 13.8. The number of nitrogens with one attached hydrogen (secondary N) is 11. The fraction of sp³-hybridized carbons (Fsp3) is 0.769. The first-order chi connectivity index (χ1) is 38.6. The van der Waals surface area contributed by atoms with E-state index in [1.165, 1.54) is 6.92 Å². The van der Waals surface area contributed by atoms with Gasteiger partial charge in [-0.3, -0.25) is 47.9 Å². The van der Waals surface area contributed by atoms with Gasteiger partial charge in [0, 0.05) is 19.3 Å². The lowest BCUT2D eigenvalue weighted by Crippen LogP contribution is -2.64. The second kappa shape index (κ2) is 40.2. The molecular formula is C52H97N17O12. The molecule has 1 unspecified atom stereocenters. The van der Waals surface area contributed by atoms with Gasteiger partial charge in [-0.15, -0.1) is 0 Å². The van der Waals surface area contributed by atoms with Gasteiger partial charge in [-0.1, -0.05) is 59.3 Å². The first kappa shape index (κ1) is 72.9. The molecule has 462 valence electrons. The Kier molecular flexibility index (Phi) is 36.2. The Bertz CT molecular complexity index is 2050. The van der Waals surface area contributed by atoms with E-state index in [1.54, 1.807) is 27.8 Å². The lowest BCUT2D eigenvalue weighted by atomic mass is 9.94. The number of amides is 10. The molecule has 1 saturated heterocycles. The molecule has 0 aliphatic carbocycles. The Balaban J connectivity index is 3.88. The zero-order chi connectivity index (χ0) is 61.1. The summed E-state index contributed by atoms with van der Waals surface area (Å²) in [6, 6.07) is -11.4. The molecule has 1 heterocycles. The number of carbonyl (C=O) groups is 11. The van der Waals surface area contributed by atoms with Crippen LogP contribution in [0.1, 0.15) is 131 Å². The fourth-order valence-corrected chi connectivity index (χ4v) is 8.57. The summed E-state index contributed by atoms with van der Waals surface area (Å²) in [4.78, 5) is 155. The molecule has 1 rings (SSSR count). The standard InChI is InChI=1S/C52H97N17O12/c1-7-10-11-12-13-14-15-35-46(76)62-34(9-3)45(75)67-39(19-25-56)50(80)69-52(30-70,21-26-57)29-61-41(32(5)71)51(81)59-27-20-40(49(79)66-38(18-24-55)48(78)65-35)68-47(77)37(17-23-54)64-43(73)33(8-2)28-60-44(74)36(16-22-53)63-42(72)31(4)58-6/h28,30-41,58,61,71H,7-27,29,53-57H2,1-6H3,(H,59,81)(H,62,76)(H,63,72)(H,64,73)(H,65,78)(H,66,79)(H,67,75)(H,68,77)(H,69,80)/b60-28+/t31-,32+,33?,34-,35+,36-,37-,38-,39-,40-,41-,52-/m0/s1. The first-order valence-electron chi connectivity index (χ1n) is 28.5. The summed E-state index contributed by atoms with van der Waals surface area (Å²) in [6.45, 7) is 6.89. The second-order valence-corrected chi connectivity index (χ2v) is 20.3. The molecule has 0 bridgehead atoms. The average Bonchev–Trinajstić information content (AvgIpc) is 3.45.